The molecule has 0 aliphatic carbocycles. The van der Waals surface area contributed by atoms with Gasteiger partial charge in [0.25, 0.3) is 0 Å². The summed E-state index contributed by atoms with van der Waals surface area (Å²) in [5, 5.41) is 3.10. The third-order valence-electron chi connectivity index (χ3n) is 2.41. The van der Waals surface area contributed by atoms with Gasteiger partial charge in [0, 0.05) is 26.3 Å². The largest absolute Gasteiger partial charge is 0.482 e. The van der Waals surface area contributed by atoms with Crippen LogP contribution in [0.1, 0.15) is 12.5 Å². The smallest absolute Gasteiger partial charge is 0.344 e. The number of ether oxygens (including phenoxy) is 3. The number of methoxy groups -OCH3 is 1. The lowest BCUT2D eigenvalue weighted by Crippen LogP contribution is -2.19. The van der Waals surface area contributed by atoms with Gasteiger partial charge in [-0.1, -0.05) is 0 Å². The fraction of sp³-hybridized carbons (Fsp3) is 0.500. The predicted octanol–water partition coefficient (Wildman–Crippen LogP) is 1.50. The van der Waals surface area contributed by atoms with E-state index in [1.807, 2.05) is 0 Å². The van der Waals surface area contributed by atoms with E-state index in [0.717, 1.165) is 5.56 Å². The lowest BCUT2D eigenvalue weighted by atomic mass is 10.2. The monoisotopic (exact) mass is 285 g/mol. The molecule has 0 unspecified atom stereocenters. The van der Waals surface area contributed by atoms with Crippen LogP contribution in [0.5, 0.6) is 5.75 Å². The average Bonchev–Trinajstić information content (AvgIpc) is 2.41. The minimum absolute atomic E-state index is 0.228. The highest BCUT2D eigenvalue weighted by Crippen LogP contribution is 2.16. The summed E-state index contributed by atoms with van der Waals surface area (Å²) in [6, 6.07) is 4.33. The molecule has 0 aromatic heterocycles. The van der Waals surface area contributed by atoms with Gasteiger partial charge < -0.3 is 19.5 Å². The van der Waals surface area contributed by atoms with Crippen LogP contribution in [-0.4, -0.2) is 39.4 Å². The normalized spacial score (nSPS) is 10.3. The maximum Gasteiger partial charge on any atom is 0.344 e. The number of hydrogen-bond acceptors (Lipinski definition) is 5. The number of halogens is 1. The molecule has 6 heteroatoms. The van der Waals surface area contributed by atoms with Crippen LogP contribution < -0.4 is 10.1 Å². The summed E-state index contributed by atoms with van der Waals surface area (Å²) in [5.41, 5.74) is 0.736. The van der Waals surface area contributed by atoms with Gasteiger partial charge >= 0.3 is 5.97 Å². The number of carbonyl (C=O) groups is 1. The predicted molar refractivity (Wildman–Crippen MR) is 72.1 cm³/mol. The van der Waals surface area contributed by atoms with E-state index in [-0.39, 0.29) is 6.61 Å². The summed E-state index contributed by atoms with van der Waals surface area (Å²) in [6.07, 6.45) is 0. The zero-order valence-electron chi connectivity index (χ0n) is 11.8. The Hall–Kier alpha value is -1.66. The molecule has 0 radical (unpaired) electrons. The Balaban J connectivity index is 2.50. The summed E-state index contributed by atoms with van der Waals surface area (Å²) in [7, 11) is 1.62. The quantitative estimate of drug-likeness (QED) is 0.550. The van der Waals surface area contributed by atoms with Crippen molar-refractivity contribution in [3.05, 3.63) is 29.6 Å². The second-order valence-corrected chi connectivity index (χ2v) is 4.06. The molecule has 0 atom stereocenters. The van der Waals surface area contributed by atoms with Gasteiger partial charge in [-0.2, -0.15) is 0 Å². The van der Waals surface area contributed by atoms with Crippen molar-refractivity contribution >= 4 is 5.97 Å². The Morgan fingerprint density at radius 3 is 2.85 bits per heavy atom. The summed E-state index contributed by atoms with van der Waals surface area (Å²) in [4.78, 5) is 11.2. The number of esters is 1. The number of hydrogen-bond donors (Lipinski definition) is 1. The molecule has 0 fully saturated rings. The zero-order valence-corrected chi connectivity index (χ0v) is 11.8. The lowest BCUT2D eigenvalue weighted by Gasteiger charge is -2.09. The van der Waals surface area contributed by atoms with Crippen LogP contribution >= 0.6 is 0 Å². The fourth-order valence-electron chi connectivity index (χ4n) is 1.56. The highest BCUT2D eigenvalue weighted by molar-refractivity contribution is 5.71. The number of rotatable bonds is 9. The van der Waals surface area contributed by atoms with Crippen molar-refractivity contribution in [2.75, 3.05) is 33.5 Å². The van der Waals surface area contributed by atoms with E-state index in [2.05, 4.69) is 5.32 Å². The van der Waals surface area contributed by atoms with Gasteiger partial charge in [0.2, 0.25) is 0 Å². The van der Waals surface area contributed by atoms with Crippen molar-refractivity contribution in [2.45, 2.75) is 13.5 Å². The molecule has 0 saturated heterocycles. The van der Waals surface area contributed by atoms with Crippen LogP contribution in [0.2, 0.25) is 0 Å². The molecule has 1 N–H and O–H groups in total. The van der Waals surface area contributed by atoms with Crippen LogP contribution in [0.15, 0.2) is 18.2 Å². The maximum absolute atomic E-state index is 13.4. The Labute approximate surface area is 118 Å². The van der Waals surface area contributed by atoms with Gasteiger partial charge in [-0.3, -0.25) is 0 Å². The number of carbonyl (C=O) groups excluding carboxylic acids is 1. The summed E-state index contributed by atoms with van der Waals surface area (Å²) < 4.78 is 28.3. The first-order chi connectivity index (χ1) is 9.65. The molecule has 0 heterocycles. The molecule has 20 heavy (non-hydrogen) atoms. The standard InChI is InChI=1S/C14H20FNO4/c1-3-19-14(17)10-20-13-7-11(6-12(15)8-13)9-16-4-5-18-2/h6-8,16H,3-5,9-10H2,1-2H3. The number of benzene rings is 1. The molecule has 0 spiro atoms. The van der Waals surface area contributed by atoms with Gasteiger partial charge in [0.1, 0.15) is 11.6 Å². The van der Waals surface area contributed by atoms with E-state index in [1.54, 1.807) is 20.1 Å². The fourth-order valence-corrected chi connectivity index (χ4v) is 1.56. The van der Waals surface area contributed by atoms with Gasteiger partial charge in [0.15, 0.2) is 6.61 Å². The van der Waals surface area contributed by atoms with Crippen LogP contribution in [0.4, 0.5) is 4.39 Å². The highest BCUT2D eigenvalue weighted by atomic mass is 19.1. The topological polar surface area (TPSA) is 56.8 Å². The van der Waals surface area contributed by atoms with E-state index in [4.69, 9.17) is 14.2 Å². The third kappa shape index (κ3) is 6.49. The zero-order chi connectivity index (χ0) is 14.8. The molecule has 1 aromatic carbocycles. The minimum Gasteiger partial charge on any atom is -0.482 e. The maximum atomic E-state index is 13.4. The van der Waals surface area contributed by atoms with E-state index < -0.39 is 11.8 Å². The van der Waals surface area contributed by atoms with Gasteiger partial charge in [0.05, 0.1) is 13.2 Å². The van der Waals surface area contributed by atoms with Gasteiger partial charge in [-0.15, -0.1) is 0 Å². The third-order valence-corrected chi connectivity index (χ3v) is 2.41. The van der Waals surface area contributed by atoms with Crippen molar-refractivity contribution in [3.63, 3.8) is 0 Å². The van der Waals surface area contributed by atoms with Crippen molar-refractivity contribution in [3.8, 4) is 5.75 Å². The van der Waals surface area contributed by atoms with E-state index in [9.17, 15) is 9.18 Å². The average molecular weight is 285 g/mol. The molecular formula is C14H20FNO4. The Kier molecular flexibility index (Phi) is 7.60. The molecule has 0 aliphatic heterocycles. The van der Waals surface area contributed by atoms with Gasteiger partial charge in [-0.05, 0) is 24.6 Å². The molecule has 112 valence electrons. The second-order valence-electron chi connectivity index (χ2n) is 4.06. The molecular weight excluding hydrogens is 265 g/mol. The molecule has 0 amide bonds. The van der Waals surface area contributed by atoms with E-state index >= 15 is 0 Å². The SMILES string of the molecule is CCOC(=O)COc1cc(F)cc(CNCCOC)c1. The Morgan fingerprint density at radius 2 is 2.15 bits per heavy atom. The molecule has 0 aliphatic rings. The highest BCUT2D eigenvalue weighted by Gasteiger charge is 2.06. The summed E-state index contributed by atoms with van der Waals surface area (Å²) >= 11 is 0. The molecule has 1 aromatic rings. The summed E-state index contributed by atoms with van der Waals surface area (Å²) in [5.74, 6) is -0.576. The molecule has 0 saturated carbocycles. The van der Waals surface area contributed by atoms with Crippen molar-refractivity contribution < 1.29 is 23.4 Å². The first-order valence-electron chi connectivity index (χ1n) is 6.43. The van der Waals surface area contributed by atoms with Crippen LogP contribution in [-0.2, 0) is 20.8 Å². The summed E-state index contributed by atoms with van der Waals surface area (Å²) in [6.45, 7) is 3.53. The van der Waals surface area contributed by atoms with Crippen molar-refractivity contribution in [2.24, 2.45) is 0 Å². The Bertz CT molecular complexity index is 426. The molecule has 0 bridgehead atoms. The van der Waals surface area contributed by atoms with E-state index in [0.29, 0.717) is 32.1 Å². The van der Waals surface area contributed by atoms with E-state index in [1.165, 1.54) is 12.1 Å². The second kappa shape index (κ2) is 9.28. The molecule has 1 rings (SSSR count). The first kappa shape index (κ1) is 16.4. The number of nitrogens with one attached hydrogen (secondary N) is 1. The van der Waals surface area contributed by atoms with Crippen LogP contribution in [0.25, 0.3) is 0 Å². The van der Waals surface area contributed by atoms with Crippen molar-refractivity contribution in [1.29, 1.82) is 0 Å². The molecule has 5 nitrogen and oxygen atoms in total. The van der Waals surface area contributed by atoms with Gasteiger partial charge in [-0.25, -0.2) is 9.18 Å². The lowest BCUT2D eigenvalue weighted by molar-refractivity contribution is -0.145. The Morgan fingerprint density at radius 1 is 1.35 bits per heavy atom. The first-order valence-corrected chi connectivity index (χ1v) is 6.43. The van der Waals surface area contributed by atoms with Crippen LogP contribution in [0.3, 0.4) is 0 Å². The minimum atomic E-state index is -0.475. The van der Waals surface area contributed by atoms with Crippen molar-refractivity contribution in [1.82, 2.24) is 5.32 Å². The van der Waals surface area contributed by atoms with Crippen LogP contribution in [0, 0.1) is 5.82 Å².